The first-order valence-electron chi connectivity index (χ1n) is 11.3. The third-order valence-electron chi connectivity index (χ3n) is 5.23. The molecule has 1 aliphatic heterocycles. The fraction of sp³-hybridized carbons (Fsp3) is 0.440. The Balaban J connectivity index is 1.60. The highest BCUT2D eigenvalue weighted by Crippen LogP contribution is 2.28. The van der Waals surface area contributed by atoms with E-state index in [9.17, 15) is 9.59 Å². The number of benzene rings is 2. The molecule has 0 spiro atoms. The lowest BCUT2D eigenvalue weighted by Gasteiger charge is -2.36. The second kappa shape index (κ2) is 11.1. The van der Waals surface area contributed by atoms with Gasteiger partial charge in [-0.2, -0.15) is 0 Å². The van der Waals surface area contributed by atoms with Crippen LogP contribution in [0.3, 0.4) is 0 Å². The van der Waals surface area contributed by atoms with E-state index < -0.39 is 11.6 Å². The van der Waals surface area contributed by atoms with Crippen molar-refractivity contribution in [2.75, 3.05) is 62.5 Å². The van der Waals surface area contributed by atoms with Crippen LogP contribution in [0.15, 0.2) is 42.5 Å². The minimum absolute atomic E-state index is 0.189. The van der Waals surface area contributed by atoms with Crippen LogP contribution in [0.25, 0.3) is 0 Å². The number of esters is 1. The van der Waals surface area contributed by atoms with Gasteiger partial charge in [-0.1, -0.05) is 6.07 Å². The van der Waals surface area contributed by atoms with Gasteiger partial charge in [0.05, 0.1) is 23.5 Å². The van der Waals surface area contributed by atoms with Gasteiger partial charge in [0.15, 0.2) is 0 Å². The van der Waals surface area contributed by atoms with Gasteiger partial charge in [0.25, 0.3) is 0 Å². The SMILES string of the molecule is COCCOC(=O)c1ccc(Nc2cccc(N3CCN(C(=O)OC(C)(C)C)CC3)c2)c(N)c1. The van der Waals surface area contributed by atoms with Gasteiger partial charge in [-0.25, -0.2) is 9.59 Å². The van der Waals surface area contributed by atoms with Crippen LogP contribution >= 0.6 is 0 Å². The average molecular weight is 471 g/mol. The van der Waals surface area contributed by atoms with E-state index in [2.05, 4.69) is 10.2 Å². The standard InChI is InChI=1S/C25H34N4O5/c1-25(2,3)34-24(31)29-12-10-28(11-13-29)20-7-5-6-19(17-20)27-22-9-8-18(16-21(22)26)23(30)33-15-14-32-4/h5-9,16-17,27H,10-15,26H2,1-4H3. The molecule has 184 valence electrons. The lowest BCUT2D eigenvalue weighted by molar-refractivity contribution is 0.0240. The Morgan fingerprint density at radius 3 is 2.41 bits per heavy atom. The molecule has 9 nitrogen and oxygen atoms in total. The molecule has 3 N–H and O–H groups in total. The summed E-state index contributed by atoms with van der Waals surface area (Å²) in [5.41, 5.74) is 9.11. The minimum Gasteiger partial charge on any atom is -0.460 e. The molecule has 9 heteroatoms. The Kier molecular flexibility index (Phi) is 8.22. The molecule has 0 radical (unpaired) electrons. The lowest BCUT2D eigenvalue weighted by Crippen LogP contribution is -2.50. The van der Waals surface area contributed by atoms with Crippen LogP contribution in [0.1, 0.15) is 31.1 Å². The van der Waals surface area contributed by atoms with E-state index in [0.717, 1.165) is 11.4 Å². The summed E-state index contributed by atoms with van der Waals surface area (Å²) < 4.78 is 15.5. The zero-order valence-corrected chi connectivity index (χ0v) is 20.3. The highest BCUT2D eigenvalue weighted by molar-refractivity contribution is 5.92. The maximum Gasteiger partial charge on any atom is 0.410 e. The molecule has 1 saturated heterocycles. The summed E-state index contributed by atoms with van der Waals surface area (Å²) in [6.45, 7) is 8.76. The Bertz CT molecular complexity index is 997. The number of carbonyl (C=O) groups is 2. The van der Waals surface area contributed by atoms with Crippen molar-refractivity contribution in [2.45, 2.75) is 26.4 Å². The average Bonchev–Trinajstić information content (AvgIpc) is 2.79. The summed E-state index contributed by atoms with van der Waals surface area (Å²) in [7, 11) is 1.55. The van der Waals surface area contributed by atoms with Crippen molar-refractivity contribution in [1.29, 1.82) is 0 Å². The van der Waals surface area contributed by atoms with E-state index in [1.54, 1.807) is 30.2 Å². The normalized spacial score (nSPS) is 14.0. The maximum atomic E-state index is 12.3. The Hall–Kier alpha value is -3.46. The first-order valence-corrected chi connectivity index (χ1v) is 11.3. The van der Waals surface area contributed by atoms with Gasteiger partial charge in [0.1, 0.15) is 12.2 Å². The summed E-state index contributed by atoms with van der Waals surface area (Å²) in [6, 6.07) is 13.0. The van der Waals surface area contributed by atoms with E-state index in [-0.39, 0.29) is 12.7 Å². The fourth-order valence-electron chi connectivity index (χ4n) is 3.51. The maximum absolute atomic E-state index is 12.3. The molecule has 34 heavy (non-hydrogen) atoms. The van der Waals surface area contributed by atoms with Crippen molar-refractivity contribution in [3.8, 4) is 0 Å². The molecule has 1 aliphatic rings. The van der Waals surface area contributed by atoms with Gasteiger partial charge >= 0.3 is 12.1 Å². The summed E-state index contributed by atoms with van der Waals surface area (Å²) in [5, 5.41) is 3.31. The van der Waals surface area contributed by atoms with E-state index >= 15 is 0 Å². The summed E-state index contributed by atoms with van der Waals surface area (Å²) in [4.78, 5) is 28.4. The number of methoxy groups -OCH3 is 1. The number of ether oxygens (including phenoxy) is 3. The zero-order chi connectivity index (χ0) is 24.7. The Morgan fingerprint density at radius 1 is 1.03 bits per heavy atom. The van der Waals surface area contributed by atoms with Gasteiger partial charge in [0, 0.05) is 44.7 Å². The van der Waals surface area contributed by atoms with Crippen molar-refractivity contribution in [1.82, 2.24) is 4.90 Å². The zero-order valence-electron chi connectivity index (χ0n) is 20.3. The lowest BCUT2D eigenvalue weighted by atomic mass is 10.1. The molecule has 0 atom stereocenters. The van der Waals surface area contributed by atoms with Gasteiger partial charge in [-0.05, 0) is 57.2 Å². The number of nitrogens with two attached hydrogens (primary N) is 1. The number of piperazine rings is 1. The number of rotatable bonds is 7. The van der Waals surface area contributed by atoms with E-state index in [1.807, 2.05) is 45.0 Å². The van der Waals surface area contributed by atoms with Crippen LogP contribution in [-0.4, -0.2) is 69.1 Å². The summed E-state index contributed by atoms with van der Waals surface area (Å²) in [5.74, 6) is -0.442. The van der Waals surface area contributed by atoms with Crippen molar-refractivity contribution < 1.29 is 23.8 Å². The minimum atomic E-state index is -0.501. The predicted octanol–water partition coefficient (Wildman–Crippen LogP) is 3.87. The molecule has 3 rings (SSSR count). The molecule has 1 fully saturated rings. The van der Waals surface area contributed by atoms with Crippen LogP contribution in [0.4, 0.5) is 27.5 Å². The van der Waals surface area contributed by atoms with Gasteiger partial charge in [0.2, 0.25) is 0 Å². The van der Waals surface area contributed by atoms with Crippen molar-refractivity contribution in [3.63, 3.8) is 0 Å². The van der Waals surface area contributed by atoms with Crippen molar-refractivity contribution >= 4 is 34.8 Å². The Morgan fingerprint density at radius 2 is 1.76 bits per heavy atom. The predicted molar refractivity (Wildman–Crippen MR) is 133 cm³/mol. The molecule has 0 bridgehead atoms. The molecule has 0 saturated carbocycles. The third-order valence-corrected chi connectivity index (χ3v) is 5.23. The smallest absolute Gasteiger partial charge is 0.410 e. The quantitative estimate of drug-likeness (QED) is 0.357. The van der Waals surface area contributed by atoms with Crippen molar-refractivity contribution in [3.05, 3.63) is 48.0 Å². The van der Waals surface area contributed by atoms with Crippen LogP contribution in [0, 0.1) is 0 Å². The van der Waals surface area contributed by atoms with Crippen LogP contribution in [-0.2, 0) is 14.2 Å². The molecule has 0 aliphatic carbocycles. The first kappa shape index (κ1) is 25.2. The number of hydrogen-bond donors (Lipinski definition) is 2. The van der Waals surface area contributed by atoms with Crippen LogP contribution in [0.2, 0.25) is 0 Å². The second-order valence-electron chi connectivity index (χ2n) is 9.06. The monoisotopic (exact) mass is 470 g/mol. The topological polar surface area (TPSA) is 106 Å². The van der Waals surface area contributed by atoms with Crippen LogP contribution < -0.4 is 16.0 Å². The van der Waals surface area contributed by atoms with Gasteiger partial charge in [-0.3, -0.25) is 0 Å². The second-order valence-corrected chi connectivity index (χ2v) is 9.06. The van der Waals surface area contributed by atoms with Crippen molar-refractivity contribution in [2.24, 2.45) is 0 Å². The Labute approximate surface area is 200 Å². The number of anilines is 4. The number of nitrogens with one attached hydrogen (secondary N) is 1. The molecule has 1 amide bonds. The highest BCUT2D eigenvalue weighted by Gasteiger charge is 2.26. The molecule has 2 aromatic rings. The molecule has 0 unspecified atom stereocenters. The molecular weight excluding hydrogens is 436 g/mol. The summed E-state index contributed by atoms with van der Waals surface area (Å²) in [6.07, 6.45) is -0.274. The third kappa shape index (κ3) is 7.02. The molecule has 1 heterocycles. The number of amides is 1. The number of hydrogen-bond acceptors (Lipinski definition) is 8. The van der Waals surface area contributed by atoms with E-state index in [4.69, 9.17) is 19.9 Å². The number of nitrogen functional groups attached to an aromatic ring is 1. The molecule has 0 aromatic heterocycles. The van der Waals surface area contributed by atoms with Gasteiger partial charge in [-0.15, -0.1) is 0 Å². The number of nitrogens with zero attached hydrogens (tertiary/aromatic N) is 2. The first-order chi connectivity index (χ1) is 16.2. The molecular formula is C25H34N4O5. The van der Waals surface area contributed by atoms with E-state index in [1.165, 1.54) is 0 Å². The number of carbonyl (C=O) groups excluding carboxylic acids is 2. The fourth-order valence-corrected chi connectivity index (χ4v) is 3.51. The summed E-state index contributed by atoms with van der Waals surface area (Å²) >= 11 is 0. The molecule has 2 aromatic carbocycles. The van der Waals surface area contributed by atoms with Crippen LogP contribution in [0.5, 0.6) is 0 Å². The van der Waals surface area contributed by atoms with E-state index in [0.29, 0.717) is 49.7 Å². The highest BCUT2D eigenvalue weighted by atomic mass is 16.6. The largest absolute Gasteiger partial charge is 0.460 e. The van der Waals surface area contributed by atoms with Gasteiger partial charge < -0.3 is 35.1 Å².